The molecule has 1 aliphatic rings. The van der Waals surface area contributed by atoms with Crippen LogP contribution in [0.1, 0.15) is 38.2 Å². The number of hydrogen-bond donors (Lipinski definition) is 1. The van der Waals surface area contributed by atoms with E-state index >= 15 is 0 Å². The molecule has 1 fully saturated rings. The molecule has 21 heavy (non-hydrogen) atoms. The average Bonchev–Trinajstić information content (AvgIpc) is 2.50. The SMILES string of the molecule is CSc1ccc(CSCC(=O)NC2CCC(C)CC2)cc1. The Morgan fingerprint density at radius 1 is 1.19 bits per heavy atom. The topological polar surface area (TPSA) is 29.1 Å². The summed E-state index contributed by atoms with van der Waals surface area (Å²) in [6.07, 6.45) is 6.88. The van der Waals surface area contributed by atoms with Gasteiger partial charge in [-0.25, -0.2) is 0 Å². The van der Waals surface area contributed by atoms with Gasteiger partial charge in [0.25, 0.3) is 0 Å². The molecular weight excluding hydrogens is 298 g/mol. The molecule has 2 nitrogen and oxygen atoms in total. The van der Waals surface area contributed by atoms with Crippen molar-refractivity contribution in [1.82, 2.24) is 5.32 Å². The Morgan fingerprint density at radius 3 is 2.48 bits per heavy atom. The van der Waals surface area contributed by atoms with E-state index in [2.05, 4.69) is 42.8 Å². The fourth-order valence-corrected chi connectivity index (χ4v) is 3.86. The van der Waals surface area contributed by atoms with Crippen LogP contribution >= 0.6 is 23.5 Å². The molecule has 1 amide bonds. The zero-order chi connectivity index (χ0) is 15.1. The zero-order valence-electron chi connectivity index (χ0n) is 12.9. The van der Waals surface area contributed by atoms with Gasteiger partial charge in [-0.2, -0.15) is 0 Å². The van der Waals surface area contributed by atoms with E-state index in [0.717, 1.165) is 24.5 Å². The van der Waals surface area contributed by atoms with Crippen molar-refractivity contribution in [3.63, 3.8) is 0 Å². The fraction of sp³-hybridized carbons (Fsp3) is 0.588. The third-order valence-corrected chi connectivity index (χ3v) is 5.79. The van der Waals surface area contributed by atoms with Crippen LogP contribution in [-0.2, 0) is 10.5 Å². The highest BCUT2D eigenvalue weighted by Crippen LogP contribution is 2.23. The summed E-state index contributed by atoms with van der Waals surface area (Å²) in [5.41, 5.74) is 1.29. The molecule has 1 aliphatic carbocycles. The fourth-order valence-electron chi connectivity index (χ4n) is 2.66. The Morgan fingerprint density at radius 2 is 1.86 bits per heavy atom. The predicted molar refractivity (Wildman–Crippen MR) is 93.9 cm³/mol. The second-order valence-electron chi connectivity index (χ2n) is 5.87. The van der Waals surface area contributed by atoms with Crippen molar-refractivity contribution in [3.05, 3.63) is 29.8 Å². The molecule has 0 unspecified atom stereocenters. The van der Waals surface area contributed by atoms with Crippen molar-refractivity contribution in [2.24, 2.45) is 5.92 Å². The molecule has 1 saturated carbocycles. The maximum atomic E-state index is 11.9. The molecule has 0 saturated heterocycles. The van der Waals surface area contributed by atoms with Gasteiger partial charge < -0.3 is 5.32 Å². The van der Waals surface area contributed by atoms with Crippen molar-refractivity contribution in [2.45, 2.75) is 49.3 Å². The van der Waals surface area contributed by atoms with Gasteiger partial charge in [0.1, 0.15) is 0 Å². The number of thioether (sulfide) groups is 2. The maximum Gasteiger partial charge on any atom is 0.230 e. The van der Waals surface area contributed by atoms with Crippen LogP contribution in [0.2, 0.25) is 0 Å². The van der Waals surface area contributed by atoms with E-state index in [9.17, 15) is 4.79 Å². The highest BCUT2D eigenvalue weighted by atomic mass is 32.2. The van der Waals surface area contributed by atoms with Gasteiger partial charge in [-0.15, -0.1) is 23.5 Å². The molecule has 4 heteroatoms. The molecule has 1 N–H and O–H groups in total. The third-order valence-electron chi connectivity index (χ3n) is 4.04. The molecule has 0 aromatic heterocycles. The summed E-state index contributed by atoms with van der Waals surface area (Å²) < 4.78 is 0. The molecule has 2 rings (SSSR count). The van der Waals surface area contributed by atoms with Gasteiger partial charge in [0.15, 0.2) is 0 Å². The second-order valence-corrected chi connectivity index (χ2v) is 7.73. The van der Waals surface area contributed by atoms with Crippen LogP contribution in [0.4, 0.5) is 0 Å². The van der Waals surface area contributed by atoms with Gasteiger partial charge in [0.05, 0.1) is 5.75 Å². The van der Waals surface area contributed by atoms with Crippen molar-refractivity contribution >= 4 is 29.4 Å². The smallest absolute Gasteiger partial charge is 0.230 e. The summed E-state index contributed by atoms with van der Waals surface area (Å²) in [7, 11) is 0. The first kappa shape index (κ1) is 16.8. The third kappa shape index (κ3) is 5.95. The Hall–Kier alpha value is -0.610. The van der Waals surface area contributed by atoms with E-state index in [0.29, 0.717) is 11.8 Å². The average molecular weight is 324 g/mol. The van der Waals surface area contributed by atoms with Gasteiger partial charge in [-0.3, -0.25) is 4.79 Å². The van der Waals surface area contributed by atoms with Crippen LogP contribution < -0.4 is 5.32 Å². The van der Waals surface area contributed by atoms with E-state index < -0.39 is 0 Å². The van der Waals surface area contributed by atoms with Crippen molar-refractivity contribution in [2.75, 3.05) is 12.0 Å². The second kappa shape index (κ2) is 8.74. The monoisotopic (exact) mass is 323 g/mol. The van der Waals surface area contributed by atoms with Crippen molar-refractivity contribution in [3.8, 4) is 0 Å². The number of nitrogens with one attached hydrogen (secondary N) is 1. The molecule has 0 atom stereocenters. The van der Waals surface area contributed by atoms with E-state index in [-0.39, 0.29) is 5.91 Å². The minimum Gasteiger partial charge on any atom is -0.353 e. The van der Waals surface area contributed by atoms with Gasteiger partial charge >= 0.3 is 0 Å². The molecular formula is C17H25NOS2. The number of hydrogen-bond acceptors (Lipinski definition) is 3. The Bertz CT molecular complexity index is 439. The molecule has 0 radical (unpaired) electrons. The van der Waals surface area contributed by atoms with E-state index in [1.54, 1.807) is 23.5 Å². The first-order valence-electron chi connectivity index (χ1n) is 7.67. The molecule has 0 heterocycles. The number of carbonyl (C=O) groups excluding carboxylic acids is 1. The Balaban J connectivity index is 1.64. The van der Waals surface area contributed by atoms with Gasteiger partial charge in [-0.1, -0.05) is 19.1 Å². The highest BCUT2D eigenvalue weighted by molar-refractivity contribution is 7.99. The predicted octanol–water partition coefficient (Wildman–Crippen LogP) is 4.34. The van der Waals surface area contributed by atoms with Gasteiger partial charge in [-0.05, 0) is 55.6 Å². The molecule has 1 aromatic carbocycles. The first-order valence-corrected chi connectivity index (χ1v) is 10.1. The summed E-state index contributed by atoms with van der Waals surface area (Å²) in [5.74, 6) is 2.50. The summed E-state index contributed by atoms with van der Waals surface area (Å²) >= 11 is 3.45. The van der Waals surface area contributed by atoms with Gasteiger partial charge in [0.2, 0.25) is 5.91 Å². The minimum absolute atomic E-state index is 0.195. The lowest BCUT2D eigenvalue weighted by atomic mass is 9.87. The number of amides is 1. The van der Waals surface area contributed by atoms with Crippen LogP contribution in [0.25, 0.3) is 0 Å². The Labute approximate surface area is 136 Å². The lowest BCUT2D eigenvalue weighted by molar-refractivity contribution is -0.119. The van der Waals surface area contributed by atoms with E-state index in [4.69, 9.17) is 0 Å². The first-order chi connectivity index (χ1) is 10.2. The summed E-state index contributed by atoms with van der Waals surface area (Å²) in [4.78, 5) is 13.2. The molecule has 1 aromatic rings. The number of benzene rings is 1. The quantitative estimate of drug-likeness (QED) is 0.790. The highest BCUT2D eigenvalue weighted by Gasteiger charge is 2.19. The summed E-state index contributed by atoms with van der Waals surface area (Å²) in [6.45, 7) is 2.30. The Kier molecular flexibility index (Phi) is 6.97. The lowest BCUT2D eigenvalue weighted by Gasteiger charge is -2.26. The largest absolute Gasteiger partial charge is 0.353 e. The van der Waals surface area contributed by atoms with Crippen LogP contribution in [-0.4, -0.2) is 24.0 Å². The molecule has 0 aliphatic heterocycles. The molecule has 0 spiro atoms. The normalized spacial score (nSPS) is 22.0. The van der Waals surface area contributed by atoms with Crippen molar-refractivity contribution in [1.29, 1.82) is 0 Å². The number of carbonyl (C=O) groups is 1. The van der Waals surface area contributed by atoms with Crippen LogP contribution in [0.3, 0.4) is 0 Å². The zero-order valence-corrected chi connectivity index (χ0v) is 14.6. The number of rotatable bonds is 6. The maximum absolute atomic E-state index is 11.9. The summed E-state index contributed by atoms with van der Waals surface area (Å²) in [5, 5.41) is 3.18. The van der Waals surface area contributed by atoms with Crippen molar-refractivity contribution < 1.29 is 4.79 Å². The molecule has 0 bridgehead atoms. The lowest BCUT2D eigenvalue weighted by Crippen LogP contribution is -2.38. The van der Waals surface area contributed by atoms with Gasteiger partial charge in [0, 0.05) is 16.7 Å². The van der Waals surface area contributed by atoms with Crippen LogP contribution in [0.5, 0.6) is 0 Å². The van der Waals surface area contributed by atoms with E-state index in [1.165, 1.54) is 23.3 Å². The van der Waals surface area contributed by atoms with Crippen LogP contribution in [0.15, 0.2) is 29.2 Å². The van der Waals surface area contributed by atoms with E-state index in [1.807, 2.05) is 0 Å². The molecule has 116 valence electrons. The summed E-state index contributed by atoms with van der Waals surface area (Å²) in [6, 6.07) is 9.00. The van der Waals surface area contributed by atoms with Crippen LogP contribution in [0, 0.1) is 5.92 Å². The standard InChI is InChI=1S/C17H25NOS2/c1-13-3-7-15(8-4-13)18-17(19)12-21-11-14-5-9-16(20-2)10-6-14/h5-6,9-10,13,15H,3-4,7-8,11-12H2,1-2H3,(H,18,19). The minimum atomic E-state index is 0.195.